The summed E-state index contributed by atoms with van der Waals surface area (Å²) in [6, 6.07) is 7.27. The zero-order chi connectivity index (χ0) is 16.6. The Morgan fingerprint density at radius 1 is 0.917 bits per heavy atom. The van der Waals surface area contributed by atoms with Crippen molar-refractivity contribution in [3.63, 3.8) is 0 Å². The highest BCUT2D eigenvalue weighted by atomic mass is 19.1. The number of nitrogens with zero attached hydrogens (tertiary/aromatic N) is 1. The molecule has 0 radical (unpaired) electrons. The van der Waals surface area contributed by atoms with E-state index in [0.29, 0.717) is 12.1 Å². The zero-order valence-corrected chi connectivity index (χ0v) is 14.4. The molecule has 0 amide bonds. The molecule has 0 unspecified atom stereocenters. The van der Waals surface area contributed by atoms with Crippen molar-refractivity contribution < 1.29 is 4.39 Å². The molecule has 2 fully saturated rings. The van der Waals surface area contributed by atoms with Crippen molar-refractivity contribution in [3.8, 4) is 11.8 Å². The molecule has 24 heavy (non-hydrogen) atoms. The van der Waals surface area contributed by atoms with Gasteiger partial charge in [-0.3, -0.25) is 4.99 Å². The van der Waals surface area contributed by atoms with E-state index < -0.39 is 0 Å². The molecule has 3 heteroatoms. The fourth-order valence-electron chi connectivity index (χ4n) is 3.60. The fraction of sp³-hybridized carbons (Fsp3) is 0.571. The maximum absolute atomic E-state index is 13.0. The van der Waals surface area contributed by atoms with Crippen molar-refractivity contribution in [1.82, 2.24) is 5.32 Å². The highest BCUT2D eigenvalue weighted by Gasteiger charge is 2.16. The number of halogens is 1. The minimum absolute atomic E-state index is 0.225. The molecule has 0 atom stereocenters. The van der Waals surface area contributed by atoms with E-state index in [2.05, 4.69) is 17.2 Å². The van der Waals surface area contributed by atoms with Crippen molar-refractivity contribution in [3.05, 3.63) is 35.6 Å². The Bertz CT molecular complexity index is 597. The molecule has 1 N–H and O–H groups in total. The first kappa shape index (κ1) is 17.0. The Labute approximate surface area is 145 Å². The second-order valence-corrected chi connectivity index (χ2v) is 7.01. The van der Waals surface area contributed by atoms with Crippen molar-refractivity contribution in [2.24, 2.45) is 4.99 Å². The van der Waals surface area contributed by atoms with Gasteiger partial charge in [-0.05, 0) is 55.9 Å². The first-order chi connectivity index (χ1) is 11.8. The Balaban J connectivity index is 1.73. The van der Waals surface area contributed by atoms with Gasteiger partial charge in [0.15, 0.2) is 5.84 Å². The van der Waals surface area contributed by atoms with Gasteiger partial charge in [0.05, 0.1) is 6.04 Å². The molecule has 1 aromatic carbocycles. The molecular weight excluding hydrogens is 299 g/mol. The number of amidine groups is 1. The molecule has 0 spiro atoms. The van der Waals surface area contributed by atoms with Crippen molar-refractivity contribution >= 4 is 5.84 Å². The molecule has 128 valence electrons. The Hall–Kier alpha value is -1.82. The molecule has 2 aliphatic carbocycles. The predicted octanol–water partition coefficient (Wildman–Crippen LogP) is 4.83. The molecule has 0 saturated heterocycles. The highest BCUT2D eigenvalue weighted by molar-refractivity contribution is 5.99. The van der Waals surface area contributed by atoms with Crippen molar-refractivity contribution in [2.75, 3.05) is 0 Å². The summed E-state index contributed by atoms with van der Waals surface area (Å²) in [7, 11) is 0. The van der Waals surface area contributed by atoms with E-state index in [1.54, 1.807) is 12.1 Å². The molecule has 0 heterocycles. The maximum atomic E-state index is 13.0. The van der Waals surface area contributed by atoms with Gasteiger partial charge in [0, 0.05) is 11.6 Å². The highest BCUT2D eigenvalue weighted by Crippen LogP contribution is 2.21. The van der Waals surface area contributed by atoms with Gasteiger partial charge >= 0.3 is 0 Å². The summed E-state index contributed by atoms with van der Waals surface area (Å²) in [5, 5.41) is 3.59. The van der Waals surface area contributed by atoms with E-state index >= 15 is 0 Å². The quantitative estimate of drug-likeness (QED) is 0.470. The summed E-state index contributed by atoms with van der Waals surface area (Å²) in [6.45, 7) is 0. The van der Waals surface area contributed by atoms with E-state index in [9.17, 15) is 4.39 Å². The smallest absolute Gasteiger partial charge is 0.174 e. The Morgan fingerprint density at radius 2 is 1.54 bits per heavy atom. The summed E-state index contributed by atoms with van der Waals surface area (Å²) in [5.74, 6) is 6.96. The third-order valence-electron chi connectivity index (χ3n) is 5.00. The van der Waals surface area contributed by atoms with E-state index in [0.717, 1.165) is 11.4 Å². The van der Waals surface area contributed by atoms with Gasteiger partial charge in [-0.2, -0.15) is 0 Å². The normalized spacial score (nSPS) is 20.3. The number of benzene rings is 1. The summed E-state index contributed by atoms with van der Waals surface area (Å²) in [6.07, 6.45) is 12.6. The van der Waals surface area contributed by atoms with Crippen LogP contribution in [0.15, 0.2) is 29.3 Å². The molecule has 2 nitrogen and oxygen atoms in total. The largest absolute Gasteiger partial charge is 0.360 e. The molecule has 0 aromatic heterocycles. The van der Waals surface area contributed by atoms with Crippen LogP contribution in [0.1, 0.15) is 69.8 Å². The van der Waals surface area contributed by atoms with Gasteiger partial charge in [-0.25, -0.2) is 4.39 Å². The fourth-order valence-corrected chi connectivity index (χ4v) is 3.60. The van der Waals surface area contributed by atoms with Crippen LogP contribution in [0.3, 0.4) is 0 Å². The first-order valence-corrected chi connectivity index (χ1v) is 9.41. The van der Waals surface area contributed by atoms with E-state index in [-0.39, 0.29) is 5.82 Å². The molecule has 2 saturated carbocycles. The number of hydrogen-bond donors (Lipinski definition) is 1. The van der Waals surface area contributed by atoms with Crippen LogP contribution in [0, 0.1) is 17.7 Å². The SMILES string of the molecule is Fc1ccc(C#CC(=NC2CCCCC2)NC2CCCCC2)cc1. The standard InChI is InChI=1S/C21H27FN2/c22-18-14-11-17(12-15-18)13-16-21(23-19-7-3-1-4-8-19)24-20-9-5-2-6-10-20/h11-12,14-15,19-20H,1-10H2,(H,23,24). The lowest BCUT2D eigenvalue weighted by atomic mass is 9.95. The van der Waals surface area contributed by atoms with Crippen LogP contribution >= 0.6 is 0 Å². The van der Waals surface area contributed by atoms with Crippen LogP contribution in [-0.2, 0) is 0 Å². The summed E-state index contributed by atoms with van der Waals surface area (Å²) in [5.41, 5.74) is 0.832. The summed E-state index contributed by atoms with van der Waals surface area (Å²) >= 11 is 0. The third kappa shape index (κ3) is 5.37. The van der Waals surface area contributed by atoms with Crippen LogP contribution in [-0.4, -0.2) is 17.9 Å². The lowest BCUT2D eigenvalue weighted by Crippen LogP contribution is -2.36. The molecular formula is C21H27FN2. The number of nitrogens with one attached hydrogen (secondary N) is 1. The van der Waals surface area contributed by atoms with Gasteiger partial charge < -0.3 is 5.32 Å². The minimum Gasteiger partial charge on any atom is -0.360 e. The lowest BCUT2D eigenvalue weighted by Gasteiger charge is -2.24. The number of hydrogen-bond acceptors (Lipinski definition) is 1. The zero-order valence-electron chi connectivity index (χ0n) is 14.4. The van der Waals surface area contributed by atoms with Crippen molar-refractivity contribution in [2.45, 2.75) is 76.3 Å². The topological polar surface area (TPSA) is 24.4 Å². The van der Waals surface area contributed by atoms with Gasteiger partial charge in [0.1, 0.15) is 5.82 Å². The summed E-state index contributed by atoms with van der Waals surface area (Å²) < 4.78 is 13.0. The van der Waals surface area contributed by atoms with Gasteiger partial charge in [-0.1, -0.05) is 44.4 Å². The first-order valence-electron chi connectivity index (χ1n) is 9.41. The van der Waals surface area contributed by atoms with Crippen molar-refractivity contribution in [1.29, 1.82) is 0 Å². The average Bonchev–Trinajstić information content (AvgIpc) is 2.63. The molecule has 0 aliphatic heterocycles. The lowest BCUT2D eigenvalue weighted by molar-refractivity contribution is 0.409. The Kier molecular flexibility index (Phi) is 6.29. The molecule has 2 aliphatic rings. The third-order valence-corrected chi connectivity index (χ3v) is 5.00. The number of aliphatic imine (C=N–C) groups is 1. The Morgan fingerprint density at radius 3 is 2.21 bits per heavy atom. The van der Waals surface area contributed by atoms with Crippen LogP contribution in [0.2, 0.25) is 0 Å². The van der Waals surface area contributed by atoms with E-state index in [1.807, 2.05) is 0 Å². The molecule has 3 rings (SSSR count). The summed E-state index contributed by atoms with van der Waals surface area (Å²) in [4.78, 5) is 4.92. The van der Waals surface area contributed by atoms with Gasteiger partial charge in [0.25, 0.3) is 0 Å². The van der Waals surface area contributed by atoms with Crippen LogP contribution in [0.5, 0.6) is 0 Å². The minimum atomic E-state index is -0.225. The van der Waals surface area contributed by atoms with Gasteiger partial charge in [-0.15, -0.1) is 0 Å². The van der Waals surface area contributed by atoms with E-state index in [1.165, 1.54) is 76.3 Å². The van der Waals surface area contributed by atoms with Crippen LogP contribution in [0.4, 0.5) is 4.39 Å². The second kappa shape index (κ2) is 8.87. The average molecular weight is 326 g/mol. The van der Waals surface area contributed by atoms with Crippen LogP contribution < -0.4 is 5.32 Å². The second-order valence-electron chi connectivity index (χ2n) is 7.01. The predicted molar refractivity (Wildman–Crippen MR) is 97.6 cm³/mol. The maximum Gasteiger partial charge on any atom is 0.174 e. The van der Waals surface area contributed by atoms with Crippen LogP contribution in [0.25, 0.3) is 0 Å². The van der Waals surface area contributed by atoms with E-state index in [4.69, 9.17) is 4.99 Å². The number of rotatable bonds is 2. The monoisotopic (exact) mass is 326 g/mol. The molecule has 1 aromatic rings. The molecule has 0 bridgehead atoms. The van der Waals surface area contributed by atoms with Gasteiger partial charge in [0.2, 0.25) is 0 Å².